The molecule has 0 fully saturated rings. The largest absolute Gasteiger partial charge is 0.478 e. The number of hydrogen-bond donors (Lipinski definition) is 2. The lowest BCUT2D eigenvalue weighted by molar-refractivity contribution is 0.0697. The Bertz CT molecular complexity index is 678. The third-order valence-corrected chi connectivity index (χ3v) is 3.68. The molecular weight excluding hydrogens is 268 g/mol. The number of pyridine rings is 1. The fourth-order valence-corrected chi connectivity index (χ4v) is 2.65. The molecule has 6 heteroatoms. The zero-order valence-electron chi connectivity index (χ0n) is 12.0. The number of aromatic carboxylic acids is 1. The third kappa shape index (κ3) is 2.89. The van der Waals surface area contributed by atoms with E-state index in [0.717, 1.165) is 36.1 Å². The number of anilines is 1. The number of carbonyl (C=O) groups is 1. The Morgan fingerprint density at radius 2 is 2.33 bits per heavy atom. The van der Waals surface area contributed by atoms with Crippen molar-refractivity contribution in [3.8, 4) is 0 Å². The minimum absolute atomic E-state index is 0.257. The minimum atomic E-state index is -0.936. The Balaban J connectivity index is 1.73. The van der Waals surface area contributed by atoms with Gasteiger partial charge in [0.15, 0.2) is 0 Å². The van der Waals surface area contributed by atoms with Crippen LogP contribution in [0.1, 0.15) is 33.6 Å². The molecule has 2 N–H and O–H groups in total. The highest BCUT2D eigenvalue weighted by Gasteiger charge is 2.19. The molecule has 2 aromatic heterocycles. The van der Waals surface area contributed by atoms with E-state index in [0.29, 0.717) is 18.9 Å². The van der Waals surface area contributed by atoms with E-state index in [1.54, 1.807) is 12.3 Å². The second kappa shape index (κ2) is 5.55. The number of carboxylic acids is 1. The van der Waals surface area contributed by atoms with Crippen molar-refractivity contribution in [1.29, 1.82) is 0 Å². The molecule has 1 aliphatic rings. The monoisotopic (exact) mass is 286 g/mol. The SMILES string of the molecule is Cc1cnn(CCNc2nc3c(cc2C(=O)O)CCC3)c1. The van der Waals surface area contributed by atoms with E-state index in [-0.39, 0.29) is 5.56 Å². The first-order valence-corrected chi connectivity index (χ1v) is 7.12. The van der Waals surface area contributed by atoms with Crippen molar-refractivity contribution in [3.05, 3.63) is 40.8 Å². The van der Waals surface area contributed by atoms with E-state index in [9.17, 15) is 9.90 Å². The Morgan fingerprint density at radius 3 is 3.05 bits per heavy atom. The van der Waals surface area contributed by atoms with Gasteiger partial charge in [0.2, 0.25) is 0 Å². The molecule has 0 radical (unpaired) electrons. The summed E-state index contributed by atoms with van der Waals surface area (Å²) in [4.78, 5) is 15.8. The normalized spacial score (nSPS) is 13.2. The van der Waals surface area contributed by atoms with Crippen molar-refractivity contribution in [1.82, 2.24) is 14.8 Å². The van der Waals surface area contributed by atoms with Gasteiger partial charge in [-0.1, -0.05) is 0 Å². The van der Waals surface area contributed by atoms with Gasteiger partial charge in [-0.15, -0.1) is 0 Å². The van der Waals surface area contributed by atoms with Gasteiger partial charge < -0.3 is 10.4 Å². The zero-order chi connectivity index (χ0) is 14.8. The van der Waals surface area contributed by atoms with Gasteiger partial charge in [0, 0.05) is 18.4 Å². The Morgan fingerprint density at radius 1 is 1.48 bits per heavy atom. The van der Waals surface area contributed by atoms with Crippen LogP contribution in [-0.4, -0.2) is 32.4 Å². The predicted octanol–water partition coefficient (Wildman–Crippen LogP) is 1.89. The second-order valence-corrected chi connectivity index (χ2v) is 5.36. The highest BCUT2D eigenvalue weighted by Crippen LogP contribution is 2.25. The van der Waals surface area contributed by atoms with Crippen LogP contribution in [0.25, 0.3) is 0 Å². The Kier molecular flexibility index (Phi) is 3.60. The maximum Gasteiger partial charge on any atom is 0.339 e. The molecule has 110 valence electrons. The minimum Gasteiger partial charge on any atom is -0.478 e. The summed E-state index contributed by atoms with van der Waals surface area (Å²) in [6.07, 6.45) is 6.67. The molecular formula is C15H18N4O2. The molecule has 21 heavy (non-hydrogen) atoms. The van der Waals surface area contributed by atoms with Gasteiger partial charge in [0.1, 0.15) is 11.4 Å². The van der Waals surface area contributed by atoms with E-state index in [1.165, 1.54) is 0 Å². The van der Waals surface area contributed by atoms with Crippen molar-refractivity contribution in [2.24, 2.45) is 0 Å². The smallest absolute Gasteiger partial charge is 0.339 e. The van der Waals surface area contributed by atoms with Crippen LogP contribution >= 0.6 is 0 Å². The molecule has 1 aliphatic carbocycles. The van der Waals surface area contributed by atoms with E-state index >= 15 is 0 Å². The molecule has 0 unspecified atom stereocenters. The van der Waals surface area contributed by atoms with Gasteiger partial charge in [-0.3, -0.25) is 4.68 Å². The van der Waals surface area contributed by atoms with E-state index in [2.05, 4.69) is 15.4 Å². The van der Waals surface area contributed by atoms with E-state index < -0.39 is 5.97 Å². The number of carboxylic acid groups (broad SMARTS) is 1. The van der Waals surface area contributed by atoms with Gasteiger partial charge >= 0.3 is 5.97 Å². The van der Waals surface area contributed by atoms with Crippen molar-refractivity contribution in [3.63, 3.8) is 0 Å². The topological polar surface area (TPSA) is 80.0 Å². The van der Waals surface area contributed by atoms with Crippen LogP contribution in [0.4, 0.5) is 5.82 Å². The first kappa shape index (κ1) is 13.6. The quantitative estimate of drug-likeness (QED) is 0.877. The Labute approximate surface area is 122 Å². The van der Waals surface area contributed by atoms with E-state index in [4.69, 9.17) is 0 Å². The maximum absolute atomic E-state index is 11.4. The summed E-state index contributed by atoms with van der Waals surface area (Å²) < 4.78 is 1.83. The summed E-state index contributed by atoms with van der Waals surface area (Å²) in [5.74, 6) is -0.471. The molecule has 0 amide bonds. The number of fused-ring (bicyclic) bond motifs is 1. The number of nitrogens with one attached hydrogen (secondary N) is 1. The van der Waals surface area contributed by atoms with Gasteiger partial charge in [-0.2, -0.15) is 5.10 Å². The summed E-state index contributed by atoms with van der Waals surface area (Å²) >= 11 is 0. The summed E-state index contributed by atoms with van der Waals surface area (Å²) in [7, 11) is 0. The summed E-state index contributed by atoms with van der Waals surface area (Å²) in [5.41, 5.74) is 3.46. The zero-order valence-corrected chi connectivity index (χ0v) is 12.0. The van der Waals surface area contributed by atoms with Gasteiger partial charge in [0.25, 0.3) is 0 Å². The number of aromatic nitrogens is 3. The summed E-state index contributed by atoms with van der Waals surface area (Å²) in [6.45, 7) is 3.25. The lowest BCUT2D eigenvalue weighted by Gasteiger charge is -2.11. The van der Waals surface area contributed by atoms with Crippen LogP contribution in [-0.2, 0) is 19.4 Å². The average Bonchev–Trinajstić information content (AvgIpc) is 3.06. The van der Waals surface area contributed by atoms with Gasteiger partial charge in [0.05, 0.1) is 12.7 Å². The lowest BCUT2D eigenvalue weighted by atomic mass is 10.1. The van der Waals surface area contributed by atoms with Crippen LogP contribution in [0.15, 0.2) is 18.5 Å². The van der Waals surface area contributed by atoms with Gasteiger partial charge in [-0.25, -0.2) is 9.78 Å². The second-order valence-electron chi connectivity index (χ2n) is 5.36. The summed E-state index contributed by atoms with van der Waals surface area (Å²) in [6, 6.07) is 1.76. The van der Waals surface area contributed by atoms with Crippen LogP contribution in [0, 0.1) is 6.92 Å². The molecule has 0 atom stereocenters. The summed E-state index contributed by atoms with van der Waals surface area (Å²) in [5, 5.41) is 16.7. The van der Waals surface area contributed by atoms with Crippen LogP contribution < -0.4 is 5.32 Å². The van der Waals surface area contributed by atoms with Crippen molar-refractivity contribution < 1.29 is 9.90 Å². The standard InChI is InChI=1S/C15H18N4O2/c1-10-8-17-19(9-10)6-5-16-14-12(15(20)21)7-11-3-2-4-13(11)18-14/h7-9H,2-6H2,1H3,(H,16,18)(H,20,21). The van der Waals surface area contributed by atoms with Crippen LogP contribution in [0.5, 0.6) is 0 Å². The molecule has 0 saturated heterocycles. The first-order chi connectivity index (χ1) is 10.1. The molecule has 0 saturated carbocycles. The molecule has 6 nitrogen and oxygen atoms in total. The molecule has 2 heterocycles. The third-order valence-electron chi connectivity index (χ3n) is 3.68. The van der Waals surface area contributed by atoms with E-state index in [1.807, 2.05) is 17.8 Å². The molecule has 0 spiro atoms. The van der Waals surface area contributed by atoms with Crippen LogP contribution in [0.3, 0.4) is 0 Å². The molecule has 0 aliphatic heterocycles. The molecule has 0 aromatic carbocycles. The van der Waals surface area contributed by atoms with Crippen molar-refractivity contribution >= 4 is 11.8 Å². The van der Waals surface area contributed by atoms with Gasteiger partial charge in [-0.05, 0) is 43.4 Å². The number of rotatable bonds is 5. The van der Waals surface area contributed by atoms with Crippen molar-refractivity contribution in [2.75, 3.05) is 11.9 Å². The lowest BCUT2D eigenvalue weighted by Crippen LogP contribution is -2.15. The Hall–Kier alpha value is -2.37. The molecule has 3 rings (SSSR count). The fraction of sp³-hybridized carbons (Fsp3) is 0.400. The maximum atomic E-state index is 11.4. The molecule has 0 bridgehead atoms. The highest BCUT2D eigenvalue weighted by atomic mass is 16.4. The average molecular weight is 286 g/mol. The molecule has 2 aromatic rings. The number of aryl methyl sites for hydroxylation is 3. The number of nitrogens with zero attached hydrogens (tertiary/aromatic N) is 3. The van der Waals surface area contributed by atoms with Crippen molar-refractivity contribution in [2.45, 2.75) is 32.7 Å². The fourth-order valence-electron chi connectivity index (χ4n) is 2.65. The number of hydrogen-bond acceptors (Lipinski definition) is 4. The highest BCUT2D eigenvalue weighted by molar-refractivity contribution is 5.93. The predicted molar refractivity (Wildman–Crippen MR) is 78.7 cm³/mol. The van der Waals surface area contributed by atoms with Crippen LogP contribution in [0.2, 0.25) is 0 Å². The first-order valence-electron chi connectivity index (χ1n) is 7.12.